The van der Waals surface area contributed by atoms with Gasteiger partial charge in [-0.3, -0.25) is 14.4 Å². The number of aliphatic hydroxyl groups excluding tert-OH is 1. The molecule has 0 bridgehead atoms. The largest absolute Gasteiger partial charge is 0.378 e. The molecule has 3 N–H and O–H groups in total. The number of benzene rings is 2. The van der Waals surface area contributed by atoms with Gasteiger partial charge in [0, 0.05) is 13.1 Å². The molecule has 0 spiro atoms. The molecular formula is C24H27F2N3O4. The molecule has 0 aromatic heterocycles. The first-order valence-corrected chi connectivity index (χ1v) is 10.7. The van der Waals surface area contributed by atoms with E-state index in [9.17, 15) is 28.3 Å². The third kappa shape index (κ3) is 5.92. The van der Waals surface area contributed by atoms with Crippen LogP contribution in [0.3, 0.4) is 0 Å². The molecule has 7 nitrogen and oxygen atoms in total. The lowest BCUT2D eigenvalue weighted by molar-refractivity contribution is -0.138. The van der Waals surface area contributed by atoms with Gasteiger partial charge in [0.25, 0.3) is 5.91 Å². The molecule has 9 heteroatoms. The lowest BCUT2D eigenvalue weighted by atomic mass is 10.0. The molecular weight excluding hydrogens is 432 g/mol. The number of halogens is 2. The number of likely N-dealkylation sites (N-methyl/N-ethyl adjacent to an activating group) is 1. The lowest BCUT2D eigenvalue weighted by Crippen LogP contribution is -2.53. The van der Waals surface area contributed by atoms with Gasteiger partial charge in [0.2, 0.25) is 11.8 Å². The van der Waals surface area contributed by atoms with Crippen molar-refractivity contribution in [3.05, 3.63) is 71.3 Å². The third-order valence-electron chi connectivity index (χ3n) is 5.79. The van der Waals surface area contributed by atoms with E-state index in [1.165, 1.54) is 6.92 Å². The Morgan fingerprint density at radius 2 is 1.70 bits per heavy atom. The Morgan fingerprint density at radius 1 is 1.06 bits per heavy atom. The second-order valence-electron chi connectivity index (χ2n) is 8.20. The van der Waals surface area contributed by atoms with E-state index in [0.717, 1.165) is 24.1 Å². The number of rotatable bonds is 6. The molecule has 0 radical (unpaired) electrons. The molecule has 1 saturated heterocycles. The fourth-order valence-corrected chi connectivity index (χ4v) is 3.97. The monoisotopic (exact) mass is 459 g/mol. The van der Waals surface area contributed by atoms with Crippen molar-refractivity contribution in [2.24, 2.45) is 0 Å². The molecule has 2 aromatic carbocycles. The first-order chi connectivity index (χ1) is 15.7. The van der Waals surface area contributed by atoms with Gasteiger partial charge in [-0.25, -0.2) is 8.78 Å². The highest BCUT2D eigenvalue weighted by atomic mass is 19.1. The number of amides is 3. The highest BCUT2D eigenvalue weighted by Gasteiger charge is 2.33. The van der Waals surface area contributed by atoms with Gasteiger partial charge in [0.15, 0.2) is 6.10 Å². The van der Waals surface area contributed by atoms with Crippen LogP contribution in [0.2, 0.25) is 0 Å². The number of carbonyl (C=O) groups excluding carboxylic acids is 3. The number of likely N-dealkylation sites (tertiary alicyclic amines) is 1. The summed E-state index contributed by atoms with van der Waals surface area (Å²) in [6.07, 6.45) is 0.0547. The molecule has 1 fully saturated rings. The van der Waals surface area contributed by atoms with Crippen molar-refractivity contribution in [3.63, 3.8) is 0 Å². The minimum absolute atomic E-state index is 0.0976. The predicted octanol–water partition coefficient (Wildman–Crippen LogP) is 2.37. The molecule has 176 valence electrons. The predicted molar refractivity (Wildman–Crippen MR) is 117 cm³/mol. The van der Waals surface area contributed by atoms with Crippen LogP contribution < -0.4 is 10.6 Å². The first kappa shape index (κ1) is 24.3. The fraction of sp³-hybridized carbons (Fsp3) is 0.375. The Kier molecular flexibility index (Phi) is 7.75. The number of hydrogen-bond acceptors (Lipinski definition) is 4. The molecule has 4 atom stereocenters. The van der Waals surface area contributed by atoms with Crippen LogP contribution in [0, 0.1) is 11.6 Å². The van der Waals surface area contributed by atoms with Crippen LogP contribution in [-0.4, -0.2) is 46.9 Å². The summed E-state index contributed by atoms with van der Waals surface area (Å²) in [5.74, 6) is -3.70. The second kappa shape index (κ2) is 10.5. The second-order valence-corrected chi connectivity index (χ2v) is 8.20. The Hall–Kier alpha value is -3.33. The SMILES string of the molecule is C[C@H](NC(=O)[C@@H](O)c1cc(F)cc(F)c1)C(=O)N[C@H]1CCC[C@@H](c2ccccc2)N(C)C1=O. The number of aliphatic hydroxyl groups is 1. The molecule has 2 aromatic rings. The summed E-state index contributed by atoms with van der Waals surface area (Å²) in [5.41, 5.74) is 0.744. The molecule has 33 heavy (non-hydrogen) atoms. The summed E-state index contributed by atoms with van der Waals surface area (Å²) in [7, 11) is 1.70. The summed E-state index contributed by atoms with van der Waals surface area (Å²) in [4.78, 5) is 39.5. The summed E-state index contributed by atoms with van der Waals surface area (Å²) in [5, 5.41) is 15.1. The fourth-order valence-electron chi connectivity index (χ4n) is 3.97. The standard InChI is InChI=1S/C24H27F2N3O4/c1-14(27-23(32)21(30)16-11-17(25)13-18(26)12-16)22(31)28-19-9-6-10-20(29(2)24(19)33)15-7-4-3-5-8-15/h3-5,7-8,11-14,19-21,30H,6,9-10H2,1-2H3,(H,27,32)(H,28,31)/t14-,19-,20-,21-/m0/s1. The minimum Gasteiger partial charge on any atom is -0.378 e. The number of hydrogen-bond donors (Lipinski definition) is 3. The van der Waals surface area contributed by atoms with Gasteiger partial charge < -0.3 is 20.6 Å². The molecule has 1 aliphatic rings. The number of carbonyl (C=O) groups is 3. The maximum atomic E-state index is 13.4. The zero-order valence-corrected chi connectivity index (χ0v) is 18.4. The Balaban J connectivity index is 1.60. The van der Waals surface area contributed by atoms with Crippen molar-refractivity contribution in [1.82, 2.24) is 15.5 Å². The highest BCUT2D eigenvalue weighted by molar-refractivity contribution is 5.93. The molecule has 3 rings (SSSR count). The van der Waals surface area contributed by atoms with Crippen LogP contribution in [-0.2, 0) is 14.4 Å². The highest BCUT2D eigenvalue weighted by Crippen LogP contribution is 2.29. The van der Waals surface area contributed by atoms with E-state index >= 15 is 0 Å². The summed E-state index contributed by atoms with van der Waals surface area (Å²) in [6.45, 7) is 1.39. The Bertz CT molecular complexity index is 998. The number of nitrogens with one attached hydrogen (secondary N) is 2. The molecule has 0 unspecified atom stereocenters. The Labute approximate surface area is 190 Å². The molecule has 0 aliphatic carbocycles. The van der Waals surface area contributed by atoms with Gasteiger partial charge in [-0.2, -0.15) is 0 Å². The first-order valence-electron chi connectivity index (χ1n) is 10.7. The topological polar surface area (TPSA) is 98.7 Å². The molecule has 1 heterocycles. The van der Waals surface area contributed by atoms with E-state index in [0.29, 0.717) is 18.9 Å². The quantitative estimate of drug-likeness (QED) is 0.618. The summed E-state index contributed by atoms with van der Waals surface area (Å²) >= 11 is 0. The van der Waals surface area contributed by atoms with Crippen LogP contribution in [0.5, 0.6) is 0 Å². The van der Waals surface area contributed by atoms with E-state index in [4.69, 9.17) is 0 Å². The smallest absolute Gasteiger partial charge is 0.254 e. The van der Waals surface area contributed by atoms with Crippen molar-refractivity contribution >= 4 is 17.7 Å². The summed E-state index contributed by atoms with van der Waals surface area (Å²) < 4.78 is 26.7. The maximum Gasteiger partial charge on any atom is 0.254 e. The van der Waals surface area contributed by atoms with E-state index < -0.39 is 41.6 Å². The van der Waals surface area contributed by atoms with Gasteiger partial charge in [0.05, 0.1) is 6.04 Å². The van der Waals surface area contributed by atoms with Crippen molar-refractivity contribution < 1.29 is 28.3 Å². The zero-order valence-electron chi connectivity index (χ0n) is 18.4. The Morgan fingerprint density at radius 3 is 2.33 bits per heavy atom. The summed E-state index contributed by atoms with van der Waals surface area (Å²) in [6, 6.07) is 10.00. The van der Waals surface area contributed by atoms with Gasteiger partial charge in [-0.1, -0.05) is 30.3 Å². The molecule has 1 aliphatic heterocycles. The van der Waals surface area contributed by atoms with Crippen LogP contribution in [0.25, 0.3) is 0 Å². The minimum atomic E-state index is -1.86. The van der Waals surface area contributed by atoms with Crippen molar-refractivity contribution in [2.45, 2.75) is 50.4 Å². The van der Waals surface area contributed by atoms with Crippen LogP contribution in [0.15, 0.2) is 48.5 Å². The van der Waals surface area contributed by atoms with E-state index in [-0.39, 0.29) is 17.5 Å². The normalized spacial score (nSPS) is 20.5. The van der Waals surface area contributed by atoms with Crippen molar-refractivity contribution in [3.8, 4) is 0 Å². The van der Waals surface area contributed by atoms with Gasteiger partial charge in [-0.15, -0.1) is 0 Å². The van der Waals surface area contributed by atoms with Crippen LogP contribution >= 0.6 is 0 Å². The lowest BCUT2D eigenvalue weighted by Gasteiger charge is -2.29. The van der Waals surface area contributed by atoms with Crippen molar-refractivity contribution in [2.75, 3.05) is 7.05 Å². The van der Waals surface area contributed by atoms with Crippen LogP contribution in [0.1, 0.15) is 49.5 Å². The average Bonchev–Trinajstić information content (AvgIpc) is 2.92. The van der Waals surface area contributed by atoms with Gasteiger partial charge >= 0.3 is 0 Å². The van der Waals surface area contributed by atoms with Gasteiger partial charge in [0.1, 0.15) is 23.7 Å². The van der Waals surface area contributed by atoms with Crippen LogP contribution in [0.4, 0.5) is 8.78 Å². The zero-order chi connectivity index (χ0) is 24.1. The van der Waals surface area contributed by atoms with E-state index in [1.54, 1.807) is 11.9 Å². The molecule has 0 saturated carbocycles. The van der Waals surface area contributed by atoms with E-state index in [2.05, 4.69) is 10.6 Å². The van der Waals surface area contributed by atoms with E-state index in [1.807, 2.05) is 30.3 Å². The van der Waals surface area contributed by atoms with Gasteiger partial charge in [-0.05, 0) is 49.4 Å². The third-order valence-corrected chi connectivity index (χ3v) is 5.79. The average molecular weight is 459 g/mol. The molecule has 3 amide bonds. The number of nitrogens with zero attached hydrogens (tertiary/aromatic N) is 1. The van der Waals surface area contributed by atoms with Crippen molar-refractivity contribution in [1.29, 1.82) is 0 Å². The maximum absolute atomic E-state index is 13.4.